The summed E-state index contributed by atoms with van der Waals surface area (Å²) in [4.78, 5) is 15.5. The minimum atomic E-state index is -0.454. The first-order chi connectivity index (χ1) is 13.5. The van der Waals surface area contributed by atoms with Gasteiger partial charge in [-0.25, -0.2) is 4.39 Å². The average Bonchev–Trinajstić information content (AvgIpc) is 3.14. The maximum Gasteiger partial charge on any atom is 0.246 e. The molecule has 0 atom stereocenters. The van der Waals surface area contributed by atoms with Crippen LogP contribution in [-0.4, -0.2) is 44.7 Å². The molecule has 1 heterocycles. The van der Waals surface area contributed by atoms with E-state index in [1.165, 1.54) is 18.0 Å². The summed E-state index contributed by atoms with van der Waals surface area (Å²) in [5.41, 5.74) is 2.59. The number of carbonyl (C=O) groups excluding carboxylic acids is 1. The Bertz CT molecular complexity index is 973. The number of methoxy groups -OCH3 is 1. The van der Waals surface area contributed by atoms with Crippen LogP contribution in [0.15, 0.2) is 42.5 Å². The predicted octanol–water partition coefficient (Wildman–Crippen LogP) is 2.84. The summed E-state index contributed by atoms with van der Waals surface area (Å²) in [6.45, 7) is 4.56. The molecule has 0 radical (unpaired) electrons. The van der Waals surface area contributed by atoms with Gasteiger partial charge in [0.2, 0.25) is 11.7 Å². The van der Waals surface area contributed by atoms with Crippen LogP contribution in [-0.2, 0) is 17.9 Å². The highest BCUT2D eigenvalue weighted by molar-refractivity contribution is 5.75. The molecule has 3 rings (SSSR count). The Morgan fingerprint density at radius 3 is 2.71 bits per heavy atom. The lowest BCUT2D eigenvalue weighted by Gasteiger charge is -2.20. The van der Waals surface area contributed by atoms with Crippen molar-refractivity contribution in [3.05, 3.63) is 59.4 Å². The highest BCUT2D eigenvalue weighted by Gasteiger charge is 2.16. The van der Waals surface area contributed by atoms with Crippen LogP contribution in [0.4, 0.5) is 4.39 Å². The Hall–Kier alpha value is -3.29. The maximum atomic E-state index is 13.9. The van der Waals surface area contributed by atoms with Crippen molar-refractivity contribution in [2.75, 3.05) is 13.7 Å². The van der Waals surface area contributed by atoms with Crippen LogP contribution in [0.3, 0.4) is 0 Å². The van der Waals surface area contributed by atoms with Crippen LogP contribution in [0, 0.1) is 12.7 Å². The van der Waals surface area contributed by atoms with Gasteiger partial charge in [0.25, 0.3) is 0 Å². The number of ether oxygens (including phenoxy) is 1. The van der Waals surface area contributed by atoms with Gasteiger partial charge in [0.1, 0.15) is 6.54 Å². The molecule has 0 saturated carbocycles. The molecule has 3 aromatic rings. The van der Waals surface area contributed by atoms with Gasteiger partial charge in [0.15, 0.2) is 11.6 Å². The average molecular weight is 383 g/mol. The molecular formula is C20H22FN5O2. The van der Waals surface area contributed by atoms with E-state index in [1.807, 2.05) is 38.1 Å². The predicted molar refractivity (Wildman–Crippen MR) is 102 cm³/mol. The summed E-state index contributed by atoms with van der Waals surface area (Å²) in [6.07, 6.45) is 0. The van der Waals surface area contributed by atoms with Gasteiger partial charge in [0.05, 0.1) is 7.11 Å². The first-order valence-corrected chi connectivity index (χ1v) is 8.95. The van der Waals surface area contributed by atoms with Crippen molar-refractivity contribution in [2.45, 2.75) is 26.9 Å². The van der Waals surface area contributed by atoms with Gasteiger partial charge in [0, 0.05) is 18.7 Å². The van der Waals surface area contributed by atoms with Crippen molar-refractivity contribution in [3.8, 4) is 17.1 Å². The fourth-order valence-corrected chi connectivity index (χ4v) is 2.87. The molecule has 146 valence electrons. The summed E-state index contributed by atoms with van der Waals surface area (Å²) < 4.78 is 18.8. The molecule has 0 aliphatic heterocycles. The molecule has 0 aliphatic rings. The molecule has 1 aromatic heterocycles. The highest BCUT2D eigenvalue weighted by atomic mass is 19.1. The van der Waals surface area contributed by atoms with Crippen molar-refractivity contribution in [2.24, 2.45) is 0 Å². The molecule has 0 spiro atoms. The topological polar surface area (TPSA) is 73.1 Å². The van der Waals surface area contributed by atoms with Gasteiger partial charge < -0.3 is 9.64 Å². The summed E-state index contributed by atoms with van der Waals surface area (Å²) in [5.74, 6) is 0.0247. The Kier molecular flexibility index (Phi) is 5.98. The van der Waals surface area contributed by atoms with E-state index in [-0.39, 0.29) is 24.7 Å². The van der Waals surface area contributed by atoms with Gasteiger partial charge in [-0.2, -0.15) is 4.80 Å². The first kappa shape index (κ1) is 19.5. The second-order valence-electron chi connectivity index (χ2n) is 6.34. The normalized spacial score (nSPS) is 10.7. The molecular weight excluding hydrogens is 361 g/mol. The molecule has 0 fully saturated rings. The third-order valence-corrected chi connectivity index (χ3v) is 4.44. The number of nitrogens with zero attached hydrogens (tertiary/aromatic N) is 5. The fourth-order valence-electron chi connectivity index (χ4n) is 2.87. The smallest absolute Gasteiger partial charge is 0.246 e. The van der Waals surface area contributed by atoms with Crippen molar-refractivity contribution in [1.82, 2.24) is 25.1 Å². The molecule has 0 unspecified atom stereocenters. The molecule has 0 aliphatic carbocycles. The second-order valence-corrected chi connectivity index (χ2v) is 6.34. The van der Waals surface area contributed by atoms with E-state index in [0.717, 1.165) is 11.1 Å². The zero-order valence-electron chi connectivity index (χ0n) is 16.1. The standard InChI is InChI=1S/C20H22FN5O2/c1-4-25(12-15-9-10-18(28-3)17(21)11-15)19(27)13-26-23-20(22-24-26)16-8-6-5-7-14(16)2/h5-11H,4,12-13H2,1-3H3. The Morgan fingerprint density at radius 1 is 1.25 bits per heavy atom. The molecule has 1 amide bonds. The number of rotatable bonds is 7. The van der Waals surface area contributed by atoms with Crippen molar-refractivity contribution in [1.29, 1.82) is 0 Å². The van der Waals surface area contributed by atoms with Gasteiger partial charge in [-0.1, -0.05) is 30.3 Å². The number of hydrogen-bond donors (Lipinski definition) is 0. The van der Waals surface area contributed by atoms with Crippen molar-refractivity contribution in [3.63, 3.8) is 0 Å². The van der Waals surface area contributed by atoms with Crippen LogP contribution in [0.2, 0.25) is 0 Å². The summed E-state index contributed by atoms with van der Waals surface area (Å²) in [7, 11) is 1.41. The van der Waals surface area contributed by atoms with Gasteiger partial charge in [-0.3, -0.25) is 4.79 Å². The lowest BCUT2D eigenvalue weighted by atomic mass is 10.1. The van der Waals surface area contributed by atoms with Gasteiger partial charge in [-0.15, -0.1) is 10.2 Å². The number of amides is 1. The van der Waals surface area contributed by atoms with Gasteiger partial charge in [-0.05, 0) is 42.3 Å². The summed E-state index contributed by atoms with van der Waals surface area (Å²) in [5, 5.41) is 12.3. The molecule has 0 saturated heterocycles. The molecule has 0 N–H and O–H groups in total. The number of hydrogen-bond acceptors (Lipinski definition) is 5. The molecule has 28 heavy (non-hydrogen) atoms. The van der Waals surface area contributed by atoms with E-state index in [4.69, 9.17) is 4.74 Å². The lowest BCUT2D eigenvalue weighted by molar-refractivity contribution is -0.132. The van der Waals surface area contributed by atoms with Crippen LogP contribution in [0.5, 0.6) is 5.75 Å². The minimum Gasteiger partial charge on any atom is -0.494 e. The highest BCUT2D eigenvalue weighted by Crippen LogP contribution is 2.19. The Balaban J connectivity index is 1.69. The zero-order valence-corrected chi connectivity index (χ0v) is 16.1. The monoisotopic (exact) mass is 383 g/mol. The van der Waals surface area contributed by atoms with E-state index >= 15 is 0 Å². The van der Waals surface area contributed by atoms with E-state index in [2.05, 4.69) is 15.4 Å². The van der Waals surface area contributed by atoms with E-state index in [9.17, 15) is 9.18 Å². The maximum absolute atomic E-state index is 13.9. The first-order valence-electron chi connectivity index (χ1n) is 8.95. The lowest BCUT2D eigenvalue weighted by Crippen LogP contribution is -2.33. The number of tetrazole rings is 1. The van der Waals surface area contributed by atoms with E-state index < -0.39 is 5.82 Å². The van der Waals surface area contributed by atoms with Crippen molar-refractivity contribution < 1.29 is 13.9 Å². The van der Waals surface area contributed by atoms with E-state index in [0.29, 0.717) is 17.9 Å². The second kappa shape index (κ2) is 8.60. The molecule has 2 aromatic carbocycles. The van der Waals surface area contributed by atoms with Crippen LogP contribution >= 0.6 is 0 Å². The fraction of sp³-hybridized carbons (Fsp3) is 0.300. The molecule has 7 nitrogen and oxygen atoms in total. The third kappa shape index (κ3) is 4.33. The van der Waals surface area contributed by atoms with Crippen molar-refractivity contribution >= 4 is 5.91 Å². The number of likely N-dealkylation sites (N-methyl/N-ethyl adjacent to an activating group) is 1. The van der Waals surface area contributed by atoms with Crippen LogP contribution in [0.25, 0.3) is 11.4 Å². The molecule has 0 bridgehead atoms. The quantitative estimate of drug-likeness (QED) is 0.627. The number of aromatic nitrogens is 4. The minimum absolute atomic E-state index is 0.0364. The summed E-state index contributed by atoms with van der Waals surface area (Å²) >= 11 is 0. The Labute approximate surface area is 162 Å². The number of aryl methyl sites for hydroxylation is 1. The van der Waals surface area contributed by atoms with Crippen LogP contribution in [0.1, 0.15) is 18.1 Å². The zero-order chi connectivity index (χ0) is 20.1. The number of halogens is 1. The number of carbonyl (C=O) groups is 1. The largest absolute Gasteiger partial charge is 0.494 e. The summed E-state index contributed by atoms with van der Waals surface area (Å²) in [6, 6.07) is 12.4. The Morgan fingerprint density at radius 2 is 2.04 bits per heavy atom. The number of benzene rings is 2. The van der Waals surface area contributed by atoms with Crippen LogP contribution < -0.4 is 4.74 Å². The SMILES string of the molecule is CCN(Cc1ccc(OC)c(F)c1)C(=O)Cn1nnc(-c2ccccc2C)n1. The van der Waals surface area contributed by atoms with E-state index in [1.54, 1.807) is 17.0 Å². The third-order valence-electron chi connectivity index (χ3n) is 4.44. The molecule has 8 heteroatoms. The van der Waals surface area contributed by atoms with Gasteiger partial charge >= 0.3 is 0 Å².